The third-order valence-corrected chi connectivity index (χ3v) is 2.56. The molecule has 0 bridgehead atoms. The minimum absolute atomic E-state index is 0.211. The SMILES string of the molecule is Cc1ccc(-c2ncc[nH]c2=O)cc1Cl. The lowest BCUT2D eigenvalue weighted by atomic mass is 10.1. The standard InChI is InChI=1S/C11H9ClN2O/c1-7-2-3-8(6-9(7)12)10-11(15)14-5-4-13-10/h2-6H,1H3,(H,14,15). The van der Waals surface area contributed by atoms with Gasteiger partial charge in [-0.3, -0.25) is 4.79 Å². The van der Waals surface area contributed by atoms with Gasteiger partial charge in [0.25, 0.3) is 5.56 Å². The number of aromatic amines is 1. The van der Waals surface area contributed by atoms with Gasteiger partial charge in [0.1, 0.15) is 5.69 Å². The summed E-state index contributed by atoms with van der Waals surface area (Å²) in [6, 6.07) is 5.44. The largest absolute Gasteiger partial charge is 0.326 e. The Morgan fingerprint density at radius 2 is 2.20 bits per heavy atom. The van der Waals surface area contributed by atoms with Crippen LogP contribution < -0.4 is 5.56 Å². The molecule has 0 radical (unpaired) electrons. The van der Waals surface area contributed by atoms with E-state index < -0.39 is 0 Å². The van der Waals surface area contributed by atoms with Crippen molar-refractivity contribution in [1.29, 1.82) is 0 Å². The zero-order chi connectivity index (χ0) is 10.8. The number of halogens is 1. The number of nitrogens with zero attached hydrogens (tertiary/aromatic N) is 1. The maximum Gasteiger partial charge on any atom is 0.274 e. The van der Waals surface area contributed by atoms with Crippen LogP contribution in [0.3, 0.4) is 0 Å². The highest BCUT2D eigenvalue weighted by atomic mass is 35.5. The summed E-state index contributed by atoms with van der Waals surface area (Å²) in [6.45, 7) is 1.91. The maximum absolute atomic E-state index is 11.5. The molecule has 15 heavy (non-hydrogen) atoms. The molecule has 0 aliphatic heterocycles. The van der Waals surface area contributed by atoms with Crippen molar-refractivity contribution in [3.05, 3.63) is 51.5 Å². The highest BCUT2D eigenvalue weighted by Crippen LogP contribution is 2.21. The topological polar surface area (TPSA) is 45.8 Å². The Morgan fingerprint density at radius 3 is 2.87 bits per heavy atom. The van der Waals surface area contributed by atoms with E-state index >= 15 is 0 Å². The molecule has 0 amide bonds. The lowest BCUT2D eigenvalue weighted by molar-refractivity contribution is 1.14. The van der Waals surface area contributed by atoms with Gasteiger partial charge in [0.2, 0.25) is 0 Å². The summed E-state index contributed by atoms with van der Waals surface area (Å²) in [5.74, 6) is 0. The zero-order valence-electron chi connectivity index (χ0n) is 8.12. The van der Waals surface area contributed by atoms with Gasteiger partial charge in [0, 0.05) is 23.0 Å². The van der Waals surface area contributed by atoms with Crippen molar-refractivity contribution in [2.45, 2.75) is 6.92 Å². The first kappa shape index (κ1) is 9.93. The molecule has 76 valence electrons. The fraction of sp³-hybridized carbons (Fsp3) is 0.0909. The van der Waals surface area contributed by atoms with E-state index in [1.807, 2.05) is 19.1 Å². The maximum atomic E-state index is 11.5. The molecule has 0 aliphatic carbocycles. The minimum atomic E-state index is -0.211. The molecule has 0 aliphatic rings. The van der Waals surface area contributed by atoms with E-state index in [-0.39, 0.29) is 5.56 Å². The molecular weight excluding hydrogens is 212 g/mol. The Balaban J connectivity index is 2.60. The second kappa shape index (κ2) is 3.87. The molecule has 0 spiro atoms. The predicted molar refractivity (Wildman–Crippen MR) is 60.0 cm³/mol. The number of H-pyrrole nitrogens is 1. The highest BCUT2D eigenvalue weighted by Gasteiger charge is 2.05. The van der Waals surface area contributed by atoms with Gasteiger partial charge < -0.3 is 4.98 Å². The molecule has 1 aromatic heterocycles. The molecule has 0 fully saturated rings. The average molecular weight is 221 g/mol. The summed E-state index contributed by atoms with van der Waals surface area (Å²) >= 11 is 5.98. The average Bonchev–Trinajstić information content (AvgIpc) is 2.23. The van der Waals surface area contributed by atoms with Crippen molar-refractivity contribution in [3.8, 4) is 11.3 Å². The minimum Gasteiger partial charge on any atom is -0.326 e. The lowest BCUT2D eigenvalue weighted by Gasteiger charge is -2.01. The molecular formula is C11H9ClN2O. The van der Waals surface area contributed by atoms with Crippen LogP contribution in [0.1, 0.15) is 5.56 Å². The summed E-state index contributed by atoms with van der Waals surface area (Å²) in [7, 11) is 0. The second-order valence-electron chi connectivity index (χ2n) is 3.23. The zero-order valence-corrected chi connectivity index (χ0v) is 8.88. The van der Waals surface area contributed by atoms with Crippen LogP contribution in [0.4, 0.5) is 0 Å². The quantitative estimate of drug-likeness (QED) is 0.802. The van der Waals surface area contributed by atoms with Crippen LogP contribution in [0.25, 0.3) is 11.3 Å². The number of nitrogens with one attached hydrogen (secondary N) is 1. The number of benzene rings is 1. The van der Waals surface area contributed by atoms with Crippen molar-refractivity contribution in [3.63, 3.8) is 0 Å². The number of rotatable bonds is 1. The monoisotopic (exact) mass is 220 g/mol. The van der Waals surface area contributed by atoms with Crippen molar-refractivity contribution in [2.24, 2.45) is 0 Å². The van der Waals surface area contributed by atoms with Crippen LogP contribution in [0.15, 0.2) is 35.4 Å². The molecule has 1 heterocycles. The van der Waals surface area contributed by atoms with Crippen LogP contribution in [0.2, 0.25) is 5.02 Å². The van der Waals surface area contributed by atoms with Crippen molar-refractivity contribution in [2.75, 3.05) is 0 Å². The first-order chi connectivity index (χ1) is 7.18. The van der Waals surface area contributed by atoms with Gasteiger partial charge in [0.15, 0.2) is 0 Å². The number of aryl methyl sites for hydroxylation is 1. The van der Waals surface area contributed by atoms with Crippen molar-refractivity contribution < 1.29 is 0 Å². The highest BCUT2D eigenvalue weighted by molar-refractivity contribution is 6.31. The Labute approximate surface area is 91.8 Å². The molecule has 2 rings (SSSR count). The summed E-state index contributed by atoms with van der Waals surface area (Å²) in [5, 5.41) is 0.637. The summed E-state index contributed by atoms with van der Waals surface area (Å²) < 4.78 is 0. The van der Waals surface area contributed by atoms with E-state index in [1.54, 1.807) is 12.3 Å². The molecule has 0 atom stereocenters. The second-order valence-corrected chi connectivity index (χ2v) is 3.64. The predicted octanol–water partition coefficient (Wildman–Crippen LogP) is 2.40. The van der Waals surface area contributed by atoms with Crippen molar-refractivity contribution in [1.82, 2.24) is 9.97 Å². The van der Waals surface area contributed by atoms with Gasteiger partial charge in [-0.2, -0.15) is 0 Å². The van der Waals surface area contributed by atoms with E-state index in [0.717, 1.165) is 11.1 Å². The molecule has 0 saturated carbocycles. The fourth-order valence-electron chi connectivity index (χ4n) is 1.30. The first-order valence-electron chi connectivity index (χ1n) is 4.48. The van der Waals surface area contributed by atoms with E-state index in [0.29, 0.717) is 10.7 Å². The number of hydrogen-bond acceptors (Lipinski definition) is 2. The van der Waals surface area contributed by atoms with Crippen LogP contribution in [-0.4, -0.2) is 9.97 Å². The molecule has 1 N–H and O–H groups in total. The summed E-state index contributed by atoms with van der Waals surface area (Å²) in [5.41, 5.74) is 1.89. The van der Waals surface area contributed by atoms with Gasteiger partial charge in [-0.15, -0.1) is 0 Å². The smallest absolute Gasteiger partial charge is 0.274 e. The van der Waals surface area contributed by atoms with Crippen LogP contribution >= 0.6 is 11.6 Å². The van der Waals surface area contributed by atoms with Gasteiger partial charge in [-0.05, 0) is 18.6 Å². The molecule has 3 nitrogen and oxygen atoms in total. The van der Waals surface area contributed by atoms with Gasteiger partial charge in [0.05, 0.1) is 0 Å². The molecule has 2 aromatic rings. The Hall–Kier alpha value is -1.61. The van der Waals surface area contributed by atoms with Gasteiger partial charge in [-0.25, -0.2) is 4.98 Å². The van der Waals surface area contributed by atoms with Crippen LogP contribution in [0, 0.1) is 6.92 Å². The van der Waals surface area contributed by atoms with Gasteiger partial charge in [-0.1, -0.05) is 23.7 Å². The fourth-order valence-corrected chi connectivity index (χ4v) is 1.48. The third-order valence-electron chi connectivity index (χ3n) is 2.15. The molecule has 4 heteroatoms. The third kappa shape index (κ3) is 1.92. The van der Waals surface area contributed by atoms with Crippen LogP contribution in [-0.2, 0) is 0 Å². The van der Waals surface area contributed by atoms with Gasteiger partial charge >= 0.3 is 0 Å². The van der Waals surface area contributed by atoms with E-state index in [9.17, 15) is 4.79 Å². The Morgan fingerprint density at radius 1 is 1.40 bits per heavy atom. The summed E-state index contributed by atoms with van der Waals surface area (Å²) in [6.07, 6.45) is 3.05. The summed E-state index contributed by atoms with van der Waals surface area (Å²) in [4.78, 5) is 18.0. The number of hydrogen-bond donors (Lipinski definition) is 1. The lowest BCUT2D eigenvalue weighted by Crippen LogP contribution is -2.09. The molecule has 1 aromatic carbocycles. The van der Waals surface area contributed by atoms with Crippen molar-refractivity contribution >= 4 is 11.6 Å². The van der Waals surface area contributed by atoms with Crippen LogP contribution in [0.5, 0.6) is 0 Å². The van der Waals surface area contributed by atoms with E-state index in [1.165, 1.54) is 6.20 Å². The normalized spacial score (nSPS) is 10.3. The Bertz CT molecular complexity index is 548. The van der Waals surface area contributed by atoms with E-state index in [2.05, 4.69) is 9.97 Å². The molecule has 0 saturated heterocycles. The first-order valence-corrected chi connectivity index (χ1v) is 4.86. The number of aromatic nitrogens is 2. The molecule has 0 unspecified atom stereocenters. The van der Waals surface area contributed by atoms with E-state index in [4.69, 9.17) is 11.6 Å². The Kier molecular flexibility index (Phi) is 2.56.